The fourth-order valence-electron chi connectivity index (χ4n) is 3.88. The molecule has 2 amide bonds. The van der Waals surface area contributed by atoms with Gasteiger partial charge in [0.15, 0.2) is 0 Å². The minimum Gasteiger partial charge on any atom is -0.456 e. The Morgan fingerprint density at radius 1 is 1.05 bits per heavy atom. The zero-order valence-electron chi connectivity index (χ0n) is 19.3. The van der Waals surface area contributed by atoms with Crippen LogP contribution in [-0.4, -0.2) is 60.3 Å². The molecular formula is C23H23F6N5O3. The smallest absolute Gasteiger partial charge is 0.420 e. The van der Waals surface area contributed by atoms with Crippen LogP contribution in [0.5, 0.6) is 11.5 Å². The largest absolute Gasteiger partial charge is 0.456 e. The maximum atomic E-state index is 13.8. The molecule has 1 saturated heterocycles. The Hall–Kier alpha value is -3.52. The Morgan fingerprint density at radius 2 is 1.78 bits per heavy atom. The van der Waals surface area contributed by atoms with Crippen molar-refractivity contribution in [2.75, 3.05) is 44.7 Å². The van der Waals surface area contributed by atoms with E-state index in [1.807, 2.05) is 0 Å². The predicted octanol–water partition coefficient (Wildman–Crippen LogP) is 5.24. The van der Waals surface area contributed by atoms with Gasteiger partial charge in [-0.05, 0) is 37.2 Å². The Balaban J connectivity index is 1.46. The molecule has 0 unspecified atom stereocenters. The predicted molar refractivity (Wildman–Crippen MR) is 122 cm³/mol. The molecule has 1 aromatic carbocycles. The number of aromatic amines is 1. The van der Waals surface area contributed by atoms with Gasteiger partial charge in [0, 0.05) is 37.7 Å². The number of nitrogens with one attached hydrogen (secondary N) is 3. The second kappa shape index (κ2) is 10.8. The average Bonchev–Trinajstić information content (AvgIpc) is 3.29. The molecule has 0 bridgehead atoms. The molecule has 2 aromatic heterocycles. The van der Waals surface area contributed by atoms with Crippen LogP contribution in [0.15, 0.2) is 36.7 Å². The van der Waals surface area contributed by atoms with E-state index < -0.39 is 46.4 Å². The highest BCUT2D eigenvalue weighted by atomic mass is 19.4. The number of urea groups is 1. The molecule has 0 aliphatic carbocycles. The van der Waals surface area contributed by atoms with Gasteiger partial charge in [-0.3, -0.25) is 4.90 Å². The SMILES string of the molecule is O=C(NCCCN1CCOCC1)Nc1ccc(Oc2ccnc3[nH]cc(C(F)(F)F)c23)c(C(F)(F)F)c1. The topological polar surface area (TPSA) is 91.5 Å². The summed E-state index contributed by atoms with van der Waals surface area (Å²) in [6, 6.07) is 3.10. The third-order valence-corrected chi connectivity index (χ3v) is 5.64. The molecular weight excluding hydrogens is 508 g/mol. The van der Waals surface area contributed by atoms with Crippen molar-refractivity contribution in [3.05, 3.63) is 47.8 Å². The summed E-state index contributed by atoms with van der Waals surface area (Å²) >= 11 is 0. The fourth-order valence-corrected chi connectivity index (χ4v) is 3.88. The normalized spacial score (nSPS) is 15.1. The number of benzene rings is 1. The molecule has 14 heteroatoms. The van der Waals surface area contributed by atoms with E-state index in [1.165, 1.54) is 0 Å². The van der Waals surface area contributed by atoms with E-state index in [1.54, 1.807) is 0 Å². The Morgan fingerprint density at radius 3 is 2.49 bits per heavy atom. The molecule has 1 aliphatic rings. The van der Waals surface area contributed by atoms with Gasteiger partial charge in [-0.15, -0.1) is 0 Å². The van der Waals surface area contributed by atoms with Crippen molar-refractivity contribution < 1.29 is 40.6 Å². The third kappa shape index (κ3) is 6.63. The maximum absolute atomic E-state index is 13.8. The first-order valence-electron chi connectivity index (χ1n) is 11.3. The van der Waals surface area contributed by atoms with Crippen LogP contribution in [0.1, 0.15) is 17.5 Å². The average molecular weight is 531 g/mol. The summed E-state index contributed by atoms with van der Waals surface area (Å²) in [6.45, 7) is 3.95. The van der Waals surface area contributed by atoms with E-state index >= 15 is 0 Å². The molecule has 0 atom stereocenters. The van der Waals surface area contributed by atoms with E-state index in [4.69, 9.17) is 9.47 Å². The number of hydrogen-bond acceptors (Lipinski definition) is 5. The summed E-state index contributed by atoms with van der Waals surface area (Å²) in [4.78, 5) is 20.5. The van der Waals surface area contributed by atoms with Gasteiger partial charge in [0.2, 0.25) is 0 Å². The van der Waals surface area contributed by atoms with Gasteiger partial charge in [0.25, 0.3) is 0 Å². The van der Waals surface area contributed by atoms with Crippen LogP contribution < -0.4 is 15.4 Å². The summed E-state index contributed by atoms with van der Waals surface area (Å²) in [5.41, 5.74) is -2.75. The molecule has 8 nitrogen and oxygen atoms in total. The van der Waals surface area contributed by atoms with Crippen LogP contribution in [0.3, 0.4) is 0 Å². The number of H-pyrrole nitrogens is 1. The van der Waals surface area contributed by atoms with E-state index in [-0.39, 0.29) is 11.3 Å². The van der Waals surface area contributed by atoms with Gasteiger partial charge in [-0.25, -0.2) is 9.78 Å². The van der Waals surface area contributed by atoms with Crippen LogP contribution in [0.4, 0.5) is 36.8 Å². The molecule has 1 aliphatic heterocycles. The van der Waals surface area contributed by atoms with Crippen molar-refractivity contribution in [1.82, 2.24) is 20.2 Å². The molecule has 0 spiro atoms. The van der Waals surface area contributed by atoms with E-state index in [0.29, 0.717) is 38.4 Å². The van der Waals surface area contributed by atoms with Crippen LogP contribution in [0.25, 0.3) is 11.0 Å². The first kappa shape index (κ1) is 26.5. The van der Waals surface area contributed by atoms with Crippen LogP contribution >= 0.6 is 0 Å². The Bertz CT molecular complexity index is 1240. The number of anilines is 1. The zero-order valence-corrected chi connectivity index (χ0v) is 19.3. The van der Waals surface area contributed by atoms with Crippen molar-refractivity contribution >= 4 is 22.8 Å². The van der Waals surface area contributed by atoms with E-state index in [9.17, 15) is 31.1 Å². The molecule has 3 N–H and O–H groups in total. The second-order valence-electron chi connectivity index (χ2n) is 8.23. The van der Waals surface area contributed by atoms with Gasteiger partial charge in [0.05, 0.1) is 24.2 Å². The summed E-state index contributed by atoms with van der Waals surface area (Å²) in [6.07, 6.45) is -7.27. The zero-order chi connectivity index (χ0) is 26.6. The molecule has 3 heterocycles. The number of alkyl halides is 6. The minimum absolute atomic E-state index is 0.164. The number of fused-ring (bicyclic) bond motifs is 1. The highest BCUT2D eigenvalue weighted by Crippen LogP contribution is 2.43. The first-order valence-corrected chi connectivity index (χ1v) is 11.3. The highest BCUT2D eigenvalue weighted by Gasteiger charge is 2.37. The number of aromatic nitrogens is 2. The lowest BCUT2D eigenvalue weighted by atomic mass is 10.1. The van der Waals surface area contributed by atoms with Crippen molar-refractivity contribution in [1.29, 1.82) is 0 Å². The fraction of sp³-hybridized carbons (Fsp3) is 0.391. The van der Waals surface area contributed by atoms with Gasteiger partial charge in [-0.2, -0.15) is 26.3 Å². The second-order valence-corrected chi connectivity index (χ2v) is 8.23. The number of halogens is 6. The number of rotatable bonds is 7. The number of amides is 2. The number of pyridine rings is 1. The Labute approximate surface area is 206 Å². The number of morpholine rings is 1. The van der Waals surface area contributed by atoms with Gasteiger partial charge >= 0.3 is 18.4 Å². The number of nitrogens with zero attached hydrogens (tertiary/aromatic N) is 2. The quantitative estimate of drug-likeness (QED) is 0.287. The molecule has 200 valence electrons. The minimum atomic E-state index is -4.92. The molecule has 1 fully saturated rings. The summed E-state index contributed by atoms with van der Waals surface area (Å²) < 4.78 is 92.1. The van der Waals surface area contributed by atoms with Crippen LogP contribution in [0, 0.1) is 0 Å². The monoisotopic (exact) mass is 531 g/mol. The lowest BCUT2D eigenvalue weighted by Crippen LogP contribution is -2.38. The van der Waals surface area contributed by atoms with Gasteiger partial charge in [-0.1, -0.05) is 0 Å². The lowest BCUT2D eigenvalue weighted by molar-refractivity contribution is -0.139. The summed E-state index contributed by atoms with van der Waals surface area (Å²) in [5, 5.41) is 4.42. The maximum Gasteiger partial charge on any atom is 0.420 e. The van der Waals surface area contributed by atoms with Crippen LogP contribution in [-0.2, 0) is 17.1 Å². The molecule has 0 saturated carbocycles. The standard InChI is InChI=1S/C23H23F6N5O3/c24-22(25,26)15-12-14(33-21(35)31-5-1-7-34-8-10-36-11-9-34)2-3-17(15)37-18-4-6-30-20-19(18)16(13-32-20)23(27,28)29/h2-4,6,12-13H,1,5,7-11H2,(H,30,32)(H2,31,33,35). The van der Waals surface area contributed by atoms with Crippen molar-refractivity contribution in [3.8, 4) is 11.5 Å². The number of carbonyl (C=O) groups is 1. The van der Waals surface area contributed by atoms with Crippen molar-refractivity contribution in [2.24, 2.45) is 0 Å². The number of carbonyl (C=O) groups excluding carboxylic acids is 1. The number of hydrogen-bond donors (Lipinski definition) is 3. The van der Waals surface area contributed by atoms with Crippen molar-refractivity contribution in [2.45, 2.75) is 18.8 Å². The van der Waals surface area contributed by atoms with Gasteiger partial charge < -0.3 is 25.1 Å². The van der Waals surface area contributed by atoms with Crippen molar-refractivity contribution in [3.63, 3.8) is 0 Å². The molecule has 4 rings (SSSR count). The first-order chi connectivity index (χ1) is 17.5. The molecule has 0 radical (unpaired) electrons. The summed E-state index contributed by atoms with van der Waals surface area (Å²) in [5.74, 6) is -1.19. The Kier molecular flexibility index (Phi) is 7.78. The van der Waals surface area contributed by atoms with Crippen LogP contribution in [0.2, 0.25) is 0 Å². The van der Waals surface area contributed by atoms with E-state index in [0.717, 1.165) is 44.0 Å². The van der Waals surface area contributed by atoms with Gasteiger partial charge in [0.1, 0.15) is 22.7 Å². The molecule has 3 aromatic rings. The van der Waals surface area contributed by atoms with E-state index in [2.05, 4.69) is 25.5 Å². The summed E-state index contributed by atoms with van der Waals surface area (Å²) in [7, 11) is 0. The lowest BCUT2D eigenvalue weighted by Gasteiger charge is -2.26. The highest BCUT2D eigenvalue weighted by molar-refractivity contribution is 5.90. The number of ether oxygens (including phenoxy) is 2. The third-order valence-electron chi connectivity index (χ3n) is 5.64. The molecule has 37 heavy (non-hydrogen) atoms.